The van der Waals surface area contributed by atoms with Crippen LogP contribution in [0.2, 0.25) is 0 Å². The Kier molecular flexibility index (Phi) is 11.1. The minimum atomic E-state index is -0.287. The van der Waals surface area contributed by atoms with Crippen LogP contribution < -0.4 is 10.6 Å². The maximum atomic E-state index is 14.5. The number of aliphatic imine (C=N–C) groups is 2. The van der Waals surface area contributed by atoms with Gasteiger partial charge in [0.15, 0.2) is 11.7 Å². The Hall–Kier alpha value is -2.24. The molecule has 2 heterocycles. The second kappa shape index (κ2) is 14.1. The molecule has 8 nitrogen and oxygen atoms in total. The average molecular weight is 655 g/mol. The normalized spacial score (nSPS) is 14.3. The third-order valence-corrected chi connectivity index (χ3v) is 8.24. The fourth-order valence-corrected chi connectivity index (χ4v) is 5.88. The fraction of sp³-hybridized carbons (Fsp3) is 0.360. The molecule has 0 bridgehead atoms. The van der Waals surface area contributed by atoms with Crippen LogP contribution in [-0.2, 0) is 7.05 Å². The quantitative estimate of drug-likeness (QED) is 0.0627. The Balaban J connectivity index is 0.00000186. The van der Waals surface area contributed by atoms with Crippen LogP contribution in [0.15, 0.2) is 57.1 Å². The summed E-state index contributed by atoms with van der Waals surface area (Å²) in [7, 11) is 1.87. The highest BCUT2D eigenvalue weighted by Gasteiger charge is 2.33. The van der Waals surface area contributed by atoms with Gasteiger partial charge in [-0.25, -0.2) is 18.8 Å². The van der Waals surface area contributed by atoms with Crippen LogP contribution in [0, 0.1) is 18.7 Å². The molecule has 0 spiro atoms. The molecule has 3 aromatic rings. The van der Waals surface area contributed by atoms with E-state index in [4.69, 9.17) is 4.99 Å². The van der Waals surface area contributed by atoms with Crippen molar-refractivity contribution >= 4 is 69.9 Å². The number of rotatable bonds is 10. The molecule has 1 atom stereocenters. The average Bonchev–Trinajstić information content (AvgIpc) is 3.55. The van der Waals surface area contributed by atoms with Crippen LogP contribution in [0.25, 0.3) is 5.70 Å². The Morgan fingerprint density at radius 3 is 2.62 bits per heavy atom. The van der Waals surface area contributed by atoms with E-state index in [0.717, 1.165) is 40.3 Å². The van der Waals surface area contributed by atoms with Gasteiger partial charge in [0.05, 0.1) is 30.6 Å². The highest BCUT2D eigenvalue weighted by Crippen LogP contribution is 2.41. The first-order valence-electron chi connectivity index (χ1n) is 12.0. The number of hydrogen-bond acceptors (Lipinski definition) is 6. The van der Waals surface area contributed by atoms with Crippen LogP contribution in [0.1, 0.15) is 37.9 Å². The number of thioether (sulfide) groups is 1. The molecule has 1 unspecified atom stereocenters. The van der Waals surface area contributed by atoms with E-state index in [2.05, 4.69) is 54.6 Å². The summed E-state index contributed by atoms with van der Waals surface area (Å²) in [4.78, 5) is 9.96. The number of aryl methyl sites for hydroxylation is 2. The van der Waals surface area contributed by atoms with Crippen molar-refractivity contribution in [2.45, 2.75) is 38.5 Å². The minimum Gasteiger partial charge on any atom is -0.367 e. The predicted octanol–water partition coefficient (Wildman–Crippen LogP) is 6.81. The minimum absolute atomic E-state index is 0.287. The van der Waals surface area contributed by atoms with Crippen molar-refractivity contribution in [2.24, 2.45) is 23.0 Å². The number of amidine groups is 1. The largest absolute Gasteiger partial charge is 0.367 e. The predicted molar refractivity (Wildman–Crippen MR) is 165 cm³/mol. The van der Waals surface area contributed by atoms with Gasteiger partial charge in [0.1, 0.15) is 5.82 Å². The van der Waals surface area contributed by atoms with Gasteiger partial charge in [-0.05, 0) is 78.9 Å². The van der Waals surface area contributed by atoms with E-state index in [-0.39, 0.29) is 5.82 Å². The molecular formula is C25H33FIN8PS. The first-order valence-corrected chi connectivity index (χ1v) is 17.3. The molecule has 0 radical (unpaired) electrons. The fourth-order valence-electron chi connectivity index (χ4n) is 3.66. The summed E-state index contributed by atoms with van der Waals surface area (Å²) in [6, 6.07) is 7.13. The molecule has 1 fully saturated rings. The van der Waals surface area contributed by atoms with Crippen molar-refractivity contribution in [1.82, 2.24) is 24.6 Å². The summed E-state index contributed by atoms with van der Waals surface area (Å²) < 4.78 is 18.2. The standard InChI is InChI=1S/C23H27FIN8PS.C2H6/c1-14-9-20(31-33(14)34-25)30-23(26-2)21(15-5-6-15)22(16-11-29-32(3)12-16)28-13-27-19-8-7-17(35-4)10-18(19)24;1-2/h7-12,15,27-28,34H,2,5-6,13H2,1,3-4H3;1-2H3/b22-21-,30-23?;. The van der Waals surface area contributed by atoms with Gasteiger partial charge in [0.2, 0.25) is 0 Å². The lowest BCUT2D eigenvalue weighted by atomic mass is 10.0. The maximum Gasteiger partial charge on any atom is 0.176 e. The van der Waals surface area contributed by atoms with E-state index in [1.165, 1.54) is 17.8 Å². The molecule has 1 aliphatic carbocycles. The SMILES string of the molecule is C=NC(=Nc1cc(C)n(PI)n1)/C(=C(\NCNc1ccc(SC)cc1F)c1cnn(C)c1)C1CC1.CC. The molecule has 1 aliphatic rings. The van der Waals surface area contributed by atoms with Crippen LogP contribution in [0.3, 0.4) is 0 Å². The van der Waals surface area contributed by atoms with E-state index in [0.29, 0.717) is 36.3 Å². The van der Waals surface area contributed by atoms with Crippen molar-refractivity contribution in [3.63, 3.8) is 0 Å². The highest BCUT2D eigenvalue weighted by molar-refractivity contribution is 14.2. The summed E-state index contributed by atoms with van der Waals surface area (Å²) >= 11 is 3.80. The number of anilines is 1. The van der Waals surface area contributed by atoms with Gasteiger partial charge in [0.25, 0.3) is 0 Å². The van der Waals surface area contributed by atoms with Gasteiger partial charge in [-0.2, -0.15) is 5.10 Å². The summed E-state index contributed by atoms with van der Waals surface area (Å²) in [6.45, 7) is 10.1. The number of benzene rings is 1. The van der Waals surface area contributed by atoms with Gasteiger partial charge in [-0.15, -0.1) is 16.9 Å². The lowest BCUT2D eigenvalue weighted by molar-refractivity contribution is 0.626. The lowest BCUT2D eigenvalue weighted by Crippen LogP contribution is -2.24. The van der Waals surface area contributed by atoms with Crippen molar-refractivity contribution < 1.29 is 4.39 Å². The highest BCUT2D eigenvalue weighted by atomic mass is 127. The van der Waals surface area contributed by atoms with Crippen LogP contribution in [0.4, 0.5) is 15.9 Å². The Labute approximate surface area is 237 Å². The van der Waals surface area contributed by atoms with E-state index in [1.807, 2.05) is 56.9 Å². The Morgan fingerprint density at radius 1 is 1.32 bits per heavy atom. The third kappa shape index (κ3) is 7.64. The van der Waals surface area contributed by atoms with E-state index in [9.17, 15) is 4.39 Å². The molecule has 0 saturated heterocycles. The van der Waals surface area contributed by atoms with Gasteiger partial charge in [-0.1, -0.05) is 13.8 Å². The van der Waals surface area contributed by atoms with Gasteiger partial charge in [-0.3, -0.25) is 4.68 Å². The molecule has 37 heavy (non-hydrogen) atoms. The first-order chi connectivity index (χ1) is 17.9. The number of hydrogen-bond donors (Lipinski definition) is 2. The molecule has 0 amide bonds. The van der Waals surface area contributed by atoms with E-state index >= 15 is 0 Å². The molecule has 1 aromatic carbocycles. The first kappa shape index (κ1) is 29.3. The van der Waals surface area contributed by atoms with Gasteiger partial charge >= 0.3 is 0 Å². The molecule has 12 heteroatoms. The Morgan fingerprint density at radius 2 is 2.08 bits per heavy atom. The number of nitrogens with one attached hydrogen (secondary N) is 2. The van der Waals surface area contributed by atoms with Crippen molar-refractivity contribution in [3.05, 3.63) is 59.3 Å². The van der Waals surface area contributed by atoms with Crippen LogP contribution in [-0.4, -0.2) is 44.8 Å². The molecule has 1 saturated carbocycles. The zero-order valence-electron chi connectivity index (χ0n) is 21.7. The van der Waals surface area contributed by atoms with E-state index in [1.54, 1.807) is 16.9 Å². The topological polar surface area (TPSA) is 84.4 Å². The van der Waals surface area contributed by atoms with Crippen molar-refractivity contribution in [3.8, 4) is 0 Å². The second-order valence-electron chi connectivity index (χ2n) is 8.08. The van der Waals surface area contributed by atoms with Crippen molar-refractivity contribution in [1.29, 1.82) is 0 Å². The Bertz CT molecular complexity index is 1280. The molecule has 4 rings (SSSR count). The summed E-state index contributed by atoms with van der Waals surface area (Å²) in [5.74, 6) is 1.15. The summed E-state index contributed by atoms with van der Waals surface area (Å²) in [5.41, 5.74) is 4.21. The van der Waals surface area contributed by atoms with Crippen molar-refractivity contribution in [2.75, 3.05) is 18.2 Å². The zero-order valence-corrected chi connectivity index (χ0v) is 25.7. The summed E-state index contributed by atoms with van der Waals surface area (Å²) in [6.07, 6.45) is 8.23. The molecule has 0 aliphatic heterocycles. The summed E-state index contributed by atoms with van der Waals surface area (Å²) in [5, 5.41) is 15.5. The van der Waals surface area contributed by atoms with Gasteiger partial charge < -0.3 is 10.6 Å². The molecule has 198 valence electrons. The van der Waals surface area contributed by atoms with Crippen LogP contribution >= 0.6 is 40.2 Å². The number of aromatic nitrogens is 4. The monoisotopic (exact) mass is 654 g/mol. The lowest BCUT2D eigenvalue weighted by Gasteiger charge is -2.17. The maximum absolute atomic E-state index is 14.5. The smallest absolute Gasteiger partial charge is 0.176 e. The molecule has 2 aromatic heterocycles. The molecular weight excluding hydrogens is 621 g/mol. The van der Waals surface area contributed by atoms with Gasteiger partial charge in [0, 0.05) is 41.0 Å². The second-order valence-corrected chi connectivity index (χ2v) is 11.0. The third-order valence-electron chi connectivity index (χ3n) is 5.53. The van der Waals surface area contributed by atoms with Crippen LogP contribution in [0.5, 0.6) is 0 Å². The number of nitrogens with zero attached hydrogens (tertiary/aromatic N) is 6. The number of halogens is 2. The zero-order chi connectivity index (χ0) is 26.9. The van der Waals surface area contributed by atoms with E-state index < -0.39 is 0 Å². The molecule has 2 N–H and O–H groups in total.